The van der Waals surface area contributed by atoms with Crippen LogP contribution in [0, 0.1) is 5.92 Å². The third kappa shape index (κ3) is 7.32. The first kappa shape index (κ1) is 24.3. The van der Waals surface area contributed by atoms with Gasteiger partial charge in [0.15, 0.2) is 0 Å². The van der Waals surface area contributed by atoms with Crippen molar-refractivity contribution in [1.29, 1.82) is 0 Å². The number of benzene rings is 2. The van der Waals surface area contributed by atoms with Gasteiger partial charge in [-0.2, -0.15) is 0 Å². The van der Waals surface area contributed by atoms with Crippen LogP contribution in [0.3, 0.4) is 0 Å². The highest BCUT2D eigenvalue weighted by Crippen LogP contribution is 2.23. The fourth-order valence-electron chi connectivity index (χ4n) is 3.57. The van der Waals surface area contributed by atoms with Gasteiger partial charge in [0.25, 0.3) is 0 Å². The highest BCUT2D eigenvalue weighted by Gasteiger charge is 2.29. The van der Waals surface area contributed by atoms with Crippen LogP contribution < -0.4 is 5.32 Å². The molecule has 6 heteroatoms. The summed E-state index contributed by atoms with van der Waals surface area (Å²) in [4.78, 5) is 25.4. The van der Waals surface area contributed by atoms with E-state index in [1.54, 1.807) is 0 Å². The number of furan rings is 1. The summed E-state index contributed by atoms with van der Waals surface area (Å²) in [6.45, 7) is 4.22. The minimum atomic E-state index is -0.752. The van der Waals surface area contributed by atoms with Crippen molar-refractivity contribution in [3.05, 3.63) is 84.1 Å². The minimum Gasteiger partial charge on any atom is -0.468 e. The smallest absolute Gasteiger partial charge is 0.323 e. The summed E-state index contributed by atoms with van der Waals surface area (Å²) in [5, 5.41) is 3.16. The Morgan fingerprint density at radius 3 is 2.18 bits per heavy atom. The van der Waals surface area contributed by atoms with Crippen LogP contribution >= 0.6 is 0 Å². The predicted molar refractivity (Wildman–Crippen MR) is 126 cm³/mol. The van der Waals surface area contributed by atoms with E-state index in [1.807, 2.05) is 86.6 Å². The summed E-state index contributed by atoms with van der Waals surface area (Å²) in [5.41, 5.74) is 1.86. The Hall–Kier alpha value is -3.38. The van der Waals surface area contributed by atoms with E-state index < -0.39 is 24.0 Å². The second-order valence-electron chi connectivity index (χ2n) is 8.35. The van der Waals surface area contributed by atoms with E-state index in [-0.39, 0.29) is 18.9 Å². The van der Waals surface area contributed by atoms with Crippen molar-refractivity contribution in [2.24, 2.45) is 5.92 Å². The Balaban J connectivity index is 1.70. The van der Waals surface area contributed by atoms with Crippen LogP contribution in [0.4, 0.5) is 0 Å². The second kappa shape index (κ2) is 12.0. The van der Waals surface area contributed by atoms with E-state index in [1.165, 1.54) is 7.11 Å². The van der Waals surface area contributed by atoms with Gasteiger partial charge >= 0.3 is 11.9 Å². The molecule has 2 atom stereocenters. The van der Waals surface area contributed by atoms with Gasteiger partial charge in [-0.3, -0.25) is 14.9 Å². The molecule has 33 heavy (non-hydrogen) atoms. The molecule has 174 valence electrons. The fraction of sp³-hybridized carbons (Fsp3) is 0.333. The van der Waals surface area contributed by atoms with Crippen LogP contribution in [-0.4, -0.2) is 31.1 Å². The Morgan fingerprint density at radius 1 is 0.879 bits per heavy atom. The molecule has 0 spiro atoms. The maximum absolute atomic E-state index is 12.9. The molecular formula is C27H31NO5. The maximum Gasteiger partial charge on any atom is 0.323 e. The molecule has 2 unspecified atom stereocenters. The number of carbonyl (C=O) groups is 2. The summed E-state index contributed by atoms with van der Waals surface area (Å²) < 4.78 is 16.5. The molecule has 3 aromatic rings. The minimum absolute atomic E-state index is 0.178. The van der Waals surface area contributed by atoms with Gasteiger partial charge in [-0.1, -0.05) is 74.5 Å². The molecule has 1 heterocycles. The lowest BCUT2D eigenvalue weighted by Gasteiger charge is -2.24. The molecule has 0 radical (unpaired) electrons. The quantitative estimate of drug-likeness (QED) is 0.425. The zero-order valence-corrected chi connectivity index (χ0v) is 19.3. The predicted octanol–water partition coefficient (Wildman–Crippen LogP) is 4.78. The van der Waals surface area contributed by atoms with Crippen LogP contribution in [0.1, 0.15) is 31.6 Å². The Bertz CT molecular complexity index is 1010. The van der Waals surface area contributed by atoms with Gasteiger partial charge < -0.3 is 13.9 Å². The molecule has 1 aromatic heterocycles. The van der Waals surface area contributed by atoms with Gasteiger partial charge in [-0.15, -0.1) is 0 Å². The third-order valence-corrected chi connectivity index (χ3v) is 5.23. The number of rotatable bonds is 11. The Labute approximate surface area is 194 Å². The van der Waals surface area contributed by atoms with Crippen LogP contribution in [0.2, 0.25) is 0 Å². The molecule has 0 bridgehead atoms. The summed E-state index contributed by atoms with van der Waals surface area (Å²) in [5.74, 6) is 0.703. The number of hydrogen-bond acceptors (Lipinski definition) is 6. The first-order chi connectivity index (χ1) is 16.0. The highest BCUT2D eigenvalue weighted by atomic mass is 16.5. The third-order valence-electron chi connectivity index (χ3n) is 5.23. The number of nitrogens with one attached hydrogen (secondary N) is 1. The van der Waals surface area contributed by atoms with Crippen molar-refractivity contribution in [1.82, 2.24) is 5.32 Å². The van der Waals surface area contributed by atoms with E-state index in [2.05, 4.69) is 5.32 Å². The Morgan fingerprint density at radius 2 is 1.55 bits per heavy atom. The van der Waals surface area contributed by atoms with Crippen LogP contribution in [0.15, 0.2) is 77.2 Å². The number of methoxy groups -OCH3 is 1. The van der Waals surface area contributed by atoms with Crippen LogP contribution in [0.5, 0.6) is 0 Å². The summed E-state index contributed by atoms with van der Waals surface area (Å²) in [6, 6.07) is 21.5. The lowest BCUT2D eigenvalue weighted by atomic mass is 10.0. The van der Waals surface area contributed by atoms with Gasteiger partial charge in [-0.25, -0.2) is 0 Å². The number of esters is 2. The van der Waals surface area contributed by atoms with Crippen molar-refractivity contribution < 1.29 is 23.5 Å². The van der Waals surface area contributed by atoms with E-state index in [9.17, 15) is 9.59 Å². The summed E-state index contributed by atoms with van der Waals surface area (Å²) in [7, 11) is 1.33. The highest BCUT2D eigenvalue weighted by molar-refractivity contribution is 5.80. The van der Waals surface area contributed by atoms with E-state index >= 15 is 0 Å². The van der Waals surface area contributed by atoms with Crippen molar-refractivity contribution in [3.8, 4) is 11.3 Å². The average Bonchev–Trinajstić information content (AvgIpc) is 3.30. The SMILES string of the molecule is COC(=O)C(Cc1ccc(-c2ccccc2)o1)NC(CC(C)C)C(=O)OCc1ccccc1. The lowest BCUT2D eigenvalue weighted by molar-refractivity contribution is -0.149. The van der Waals surface area contributed by atoms with E-state index in [4.69, 9.17) is 13.9 Å². The number of hydrogen-bond donors (Lipinski definition) is 1. The molecule has 3 rings (SSSR count). The van der Waals surface area contributed by atoms with Crippen molar-refractivity contribution in [3.63, 3.8) is 0 Å². The zero-order valence-electron chi connectivity index (χ0n) is 19.3. The normalized spacial score (nSPS) is 12.8. The van der Waals surface area contributed by atoms with Crippen molar-refractivity contribution in [2.45, 2.75) is 45.4 Å². The molecule has 0 aliphatic rings. The van der Waals surface area contributed by atoms with Crippen LogP contribution in [-0.2, 0) is 32.1 Å². The molecule has 0 fully saturated rings. The molecule has 0 saturated heterocycles. The average molecular weight is 450 g/mol. The van der Waals surface area contributed by atoms with Gasteiger partial charge in [0, 0.05) is 12.0 Å². The van der Waals surface area contributed by atoms with Crippen molar-refractivity contribution >= 4 is 11.9 Å². The van der Waals surface area contributed by atoms with Crippen LogP contribution in [0.25, 0.3) is 11.3 Å². The molecule has 6 nitrogen and oxygen atoms in total. The monoisotopic (exact) mass is 449 g/mol. The largest absolute Gasteiger partial charge is 0.468 e. The number of carbonyl (C=O) groups excluding carboxylic acids is 2. The molecule has 0 saturated carbocycles. The topological polar surface area (TPSA) is 77.8 Å². The first-order valence-electron chi connectivity index (χ1n) is 11.1. The molecule has 0 aliphatic carbocycles. The fourth-order valence-corrected chi connectivity index (χ4v) is 3.57. The molecule has 0 aliphatic heterocycles. The van der Waals surface area contributed by atoms with E-state index in [0.29, 0.717) is 12.2 Å². The molecule has 2 aromatic carbocycles. The maximum atomic E-state index is 12.9. The summed E-state index contributed by atoms with van der Waals surface area (Å²) >= 11 is 0. The van der Waals surface area contributed by atoms with Crippen molar-refractivity contribution in [2.75, 3.05) is 7.11 Å². The van der Waals surface area contributed by atoms with Gasteiger partial charge in [0.1, 0.15) is 30.2 Å². The zero-order chi connectivity index (χ0) is 23.6. The molecule has 0 amide bonds. The standard InChI is InChI=1S/C27H31NO5/c1-19(2)16-23(27(30)32-18-20-10-6-4-7-11-20)28-24(26(29)31-3)17-22-14-15-25(33-22)21-12-8-5-9-13-21/h4-15,19,23-24,28H,16-18H2,1-3H3. The number of ether oxygens (including phenoxy) is 2. The molecular weight excluding hydrogens is 418 g/mol. The second-order valence-corrected chi connectivity index (χ2v) is 8.35. The Kier molecular flexibility index (Phi) is 8.84. The summed E-state index contributed by atoms with van der Waals surface area (Å²) in [6.07, 6.45) is 0.772. The first-order valence-corrected chi connectivity index (χ1v) is 11.1. The van der Waals surface area contributed by atoms with E-state index in [0.717, 1.165) is 16.9 Å². The lowest BCUT2D eigenvalue weighted by Crippen LogP contribution is -2.49. The van der Waals surface area contributed by atoms with Gasteiger partial charge in [-0.05, 0) is 30.0 Å². The van der Waals surface area contributed by atoms with Gasteiger partial charge in [0.2, 0.25) is 0 Å². The van der Waals surface area contributed by atoms with Gasteiger partial charge in [0.05, 0.1) is 7.11 Å². The molecule has 1 N–H and O–H groups in total.